The maximum absolute atomic E-state index is 12.4. The number of amides is 1. The number of nitrogens with one attached hydrogen (secondary N) is 2. The predicted molar refractivity (Wildman–Crippen MR) is 109 cm³/mol. The van der Waals surface area contributed by atoms with Crippen LogP contribution in [-0.4, -0.2) is 15.9 Å². The summed E-state index contributed by atoms with van der Waals surface area (Å²) in [5, 5.41) is 9.96. The average Bonchev–Trinajstić information content (AvgIpc) is 3.21. The Kier molecular flexibility index (Phi) is 4.78. The smallest absolute Gasteiger partial charge is 0.276 e. The van der Waals surface area contributed by atoms with Gasteiger partial charge in [-0.15, -0.1) is 11.3 Å². The standard InChI is InChI=1S/C17H10Cl2N4OS2/c18-9-2-1-3-11(6-9)20-16-22-13(8-25-16)15(24)23-17-21-12-5-4-10(19)7-14(12)26-17/h1-8H,(H,20,22)(H,21,23,24). The number of carbonyl (C=O) groups is 1. The van der Waals surface area contributed by atoms with Crippen LogP contribution in [0.1, 0.15) is 10.5 Å². The van der Waals surface area contributed by atoms with Crippen LogP contribution in [0.4, 0.5) is 16.0 Å². The maximum Gasteiger partial charge on any atom is 0.276 e. The van der Waals surface area contributed by atoms with E-state index in [9.17, 15) is 4.79 Å². The average molecular weight is 421 g/mol. The molecule has 0 aliphatic heterocycles. The lowest BCUT2D eigenvalue weighted by Gasteiger charge is -2.02. The lowest BCUT2D eigenvalue weighted by atomic mass is 10.3. The molecule has 26 heavy (non-hydrogen) atoms. The number of halogens is 2. The molecule has 1 amide bonds. The lowest BCUT2D eigenvalue weighted by Crippen LogP contribution is -2.12. The van der Waals surface area contributed by atoms with Gasteiger partial charge in [0.25, 0.3) is 5.91 Å². The molecular weight excluding hydrogens is 411 g/mol. The van der Waals surface area contributed by atoms with Crippen LogP contribution < -0.4 is 10.6 Å². The minimum Gasteiger partial charge on any atom is -0.331 e. The van der Waals surface area contributed by atoms with Crippen LogP contribution in [0, 0.1) is 0 Å². The highest BCUT2D eigenvalue weighted by atomic mass is 35.5. The number of thiazole rings is 2. The summed E-state index contributed by atoms with van der Waals surface area (Å²) in [6, 6.07) is 12.7. The van der Waals surface area contributed by atoms with Gasteiger partial charge in [-0.05, 0) is 36.4 Å². The van der Waals surface area contributed by atoms with Gasteiger partial charge < -0.3 is 5.32 Å². The fourth-order valence-corrected chi connectivity index (χ4v) is 4.28. The van der Waals surface area contributed by atoms with Crippen LogP contribution in [0.2, 0.25) is 10.0 Å². The van der Waals surface area contributed by atoms with Gasteiger partial charge in [0, 0.05) is 21.1 Å². The number of anilines is 3. The molecule has 9 heteroatoms. The highest BCUT2D eigenvalue weighted by molar-refractivity contribution is 7.22. The molecule has 0 atom stereocenters. The summed E-state index contributed by atoms with van der Waals surface area (Å²) in [5.41, 5.74) is 1.91. The van der Waals surface area contributed by atoms with E-state index in [1.807, 2.05) is 24.3 Å². The van der Waals surface area contributed by atoms with Crippen molar-refractivity contribution in [2.24, 2.45) is 0 Å². The second kappa shape index (κ2) is 7.20. The summed E-state index contributed by atoms with van der Waals surface area (Å²) in [7, 11) is 0. The molecule has 0 unspecified atom stereocenters. The summed E-state index contributed by atoms with van der Waals surface area (Å²) < 4.78 is 0.911. The Morgan fingerprint density at radius 3 is 2.69 bits per heavy atom. The summed E-state index contributed by atoms with van der Waals surface area (Å²) in [5.74, 6) is -0.314. The number of nitrogens with zero attached hydrogens (tertiary/aromatic N) is 2. The molecule has 4 rings (SSSR count). The van der Waals surface area contributed by atoms with Crippen molar-refractivity contribution in [1.29, 1.82) is 0 Å². The molecule has 0 saturated heterocycles. The number of carbonyl (C=O) groups excluding carboxylic acids is 1. The molecule has 2 heterocycles. The monoisotopic (exact) mass is 420 g/mol. The maximum atomic E-state index is 12.4. The number of hydrogen-bond acceptors (Lipinski definition) is 6. The Labute approximate surface area is 166 Å². The van der Waals surface area contributed by atoms with Gasteiger partial charge in [0.2, 0.25) is 0 Å². The topological polar surface area (TPSA) is 66.9 Å². The molecular formula is C17H10Cl2N4OS2. The molecule has 0 aliphatic carbocycles. The third-order valence-electron chi connectivity index (χ3n) is 3.38. The van der Waals surface area contributed by atoms with E-state index in [1.54, 1.807) is 23.6 Å². The van der Waals surface area contributed by atoms with E-state index in [-0.39, 0.29) is 5.91 Å². The van der Waals surface area contributed by atoms with Crippen LogP contribution in [0.5, 0.6) is 0 Å². The highest BCUT2D eigenvalue weighted by Crippen LogP contribution is 2.29. The lowest BCUT2D eigenvalue weighted by molar-refractivity contribution is 0.102. The number of benzene rings is 2. The molecule has 130 valence electrons. The molecule has 2 aromatic carbocycles. The zero-order valence-electron chi connectivity index (χ0n) is 13.0. The van der Waals surface area contributed by atoms with Gasteiger partial charge in [-0.3, -0.25) is 10.1 Å². The van der Waals surface area contributed by atoms with Gasteiger partial charge in [-0.25, -0.2) is 9.97 Å². The molecule has 2 N–H and O–H groups in total. The minimum absolute atomic E-state index is 0.314. The SMILES string of the molecule is O=C(Nc1nc2ccc(Cl)cc2s1)c1csc(Nc2cccc(Cl)c2)n1. The molecule has 0 radical (unpaired) electrons. The van der Waals surface area contributed by atoms with Crippen molar-refractivity contribution in [3.05, 3.63) is 63.6 Å². The van der Waals surface area contributed by atoms with Gasteiger partial charge in [0.1, 0.15) is 5.69 Å². The second-order valence-corrected chi connectivity index (χ2v) is 8.02. The van der Waals surface area contributed by atoms with Crippen molar-refractivity contribution >= 4 is 77.9 Å². The molecule has 0 fully saturated rings. The van der Waals surface area contributed by atoms with Crippen molar-refractivity contribution in [3.63, 3.8) is 0 Å². The second-order valence-electron chi connectivity index (χ2n) is 5.26. The third kappa shape index (κ3) is 3.81. The Balaban J connectivity index is 1.48. The van der Waals surface area contributed by atoms with E-state index < -0.39 is 0 Å². The third-order valence-corrected chi connectivity index (χ3v) is 5.55. The van der Waals surface area contributed by atoms with Gasteiger partial charge in [-0.1, -0.05) is 40.6 Å². The van der Waals surface area contributed by atoms with E-state index in [2.05, 4.69) is 20.6 Å². The fourth-order valence-electron chi connectivity index (χ4n) is 2.24. The molecule has 5 nitrogen and oxygen atoms in total. The molecule has 4 aromatic rings. The Morgan fingerprint density at radius 1 is 1.00 bits per heavy atom. The summed E-state index contributed by atoms with van der Waals surface area (Å²) >= 11 is 14.6. The number of rotatable bonds is 4. The van der Waals surface area contributed by atoms with E-state index in [0.717, 1.165) is 15.9 Å². The molecule has 0 bridgehead atoms. The van der Waals surface area contributed by atoms with Crippen LogP contribution >= 0.6 is 45.9 Å². The van der Waals surface area contributed by atoms with Crippen molar-refractivity contribution in [2.45, 2.75) is 0 Å². The van der Waals surface area contributed by atoms with Gasteiger partial charge in [-0.2, -0.15) is 0 Å². The molecule has 0 aliphatic rings. The van der Waals surface area contributed by atoms with Crippen LogP contribution in [-0.2, 0) is 0 Å². The first-order valence-electron chi connectivity index (χ1n) is 7.42. The van der Waals surface area contributed by atoms with Crippen LogP contribution in [0.25, 0.3) is 10.2 Å². The van der Waals surface area contributed by atoms with Crippen molar-refractivity contribution in [1.82, 2.24) is 9.97 Å². The van der Waals surface area contributed by atoms with E-state index in [4.69, 9.17) is 23.2 Å². The molecule has 0 spiro atoms. The first kappa shape index (κ1) is 17.2. The number of aromatic nitrogens is 2. The van der Waals surface area contributed by atoms with Crippen molar-refractivity contribution in [2.75, 3.05) is 10.6 Å². The van der Waals surface area contributed by atoms with Crippen molar-refractivity contribution in [3.8, 4) is 0 Å². The van der Waals surface area contributed by atoms with E-state index in [1.165, 1.54) is 22.7 Å². The number of hydrogen-bond donors (Lipinski definition) is 2. The Bertz CT molecular complexity index is 1110. The normalized spacial score (nSPS) is 10.8. The quantitative estimate of drug-likeness (QED) is 0.421. The van der Waals surface area contributed by atoms with Gasteiger partial charge in [0.15, 0.2) is 10.3 Å². The molecule has 2 aromatic heterocycles. The summed E-state index contributed by atoms with van der Waals surface area (Å²) in [6.07, 6.45) is 0. The Morgan fingerprint density at radius 2 is 1.85 bits per heavy atom. The van der Waals surface area contributed by atoms with E-state index >= 15 is 0 Å². The largest absolute Gasteiger partial charge is 0.331 e. The highest BCUT2D eigenvalue weighted by Gasteiger charge is 2.14. The number of fused-ring (bicyclic) bond motifs is 1. The van der Waals surface area contributed by atoms with Gasteiger partial charge in [0.05, 0.1) is 10.2 Å². The summed E-state index contributed by atoms with van der Waals surface area (Å²) in [6.45, 7) is 0. The fraction of sp³-hybridized carbons (Fsp3) is 0. The predicted octanol–water partition coefficient (Wildman–Crippen LogP) is 6.06. The van der Waals surface area contributed by atoms with Crippen LogP contribution in [0.15, 0.2) is 47.8 Å². The zero-order valence-corrected chi connectivity index (χ0v) is 16.1. The first-order valence-corrected chi connectivity index (χ1v) is 9.87. The zero-order chi connectivity index (χ0) is 18.1. The summed E-state index contributed by atoms with van der Waals surface area (Å²) in [4.78, 5) is 21.1. The van der Waals surface area contributed by atoms with Crippen LogP contribution in [0.3, 0.4) is 0 Å². The minimum atomic E-state index is -0.314. The first-order chi connectivity index (χ1) is 12.6. The van der Waals surface area contributed by atoms with Gasteiger partial charge >= 0.3 is 0 Å². The van der Waals surface area contributed by atoms with Crippen molar-refractivity contribution < 1.29 is 4.79 Å². The van der Waals surface area contributed by atoms with E-state index in [0.29, 0.717) is 26.0 Å². The molecule has 0 saturated carbocycles. The Hall–Kier alpha value is -2.19.